The van der Waals surface area contributed by atoms with Crippen molar-refractivity contribution in [2.75, 3.05) is 26.2 Å². The fourth-order valence-corrected chi connectivity index (χ4v) is 7.14. The van der Waals surface area contributed by atoms with Crippen molar-refractivity contribution in [1.29, 1.82) is 0 Å². The van der Waals surface area contributed by atoms with E-state index < -0.39 is 0 Å². The van der Waals surface area contributed by atoms with Crippen LogP contribution in [0.5, 0.6) is 0 Å². The second kappa shape index (κ2) is 12.3. The number of benzene rings is 4. The maximum Gasteiger partial charge on any atom is 0.0236 e. The van der Waals surface area contributed by atoms with Gasteiger partial charge in [0, 0.05) is 18.5 Å². The second-order valence-electron chi connectivity index (χ2n) is 11.6. The first-order chi connectivity index (χ1) is 18.8. The van der Waals surface area contributed by atoms with E-state index in [1.165, 1.54) is 86.6 Å². The Kier molecular flexibility index (Phi) is 8.19. The Hall–Kier alpha value is -2.94. The molecule has 2 aliphatic rings. The topological polar surface area (TPSA) is 6.48 Å². The van der Waals surface area contributed by atoms with Crippen LogP contribution in [0.4, 0.5) is 0 Å². The van der Waals surface area contributed by atoms with Gasteiger partial charge in [0.25, 0.3) is 0 Å². The zero-order valence-electron chi connectivity index (χ0n) is 22.7. The van der Waals surface area contributed by atoms with Crippen LogP contribution in [0.1, 0.15) is 54.7 Å². The molecule has 196 valence electrons. The molecule has 6 rings (SSSR count). The van der Waals surface area contributed by atoms with E-state index in [0.29, 0.717) is 12.0 Å². The molecule has 2 nitrogen and oxygen atoms in total. The SMILES string of the molecule is c1ccc(CC2CCN(CCC3C(c4cccc5ccccc45)CCCN3Cc3ccccc3)CC2)cc1. The lowest BCUT2D eigenvalue weighted by Crippen LogP contribution is -2.46. The fourth-order valence-electron chi connectivity index (χ4n) is 7.14. The van der Waals surface area contributed by atoms with Crippen molar-refractivity contribution >= 4 is 10.8 Å². The average Bonchev–Trinajstić information content (AvgIpc) is 2.98. The molecule has 0 saturated carbocycles. The first-order valence-corrected chi connectivity index (χ1v) is 14.9. The van der Waals surface area contributed by atoms with Crippen LogP contribution < -0.4 is 0 Å². The highest BCUT2D eigenvalue weighted by atomic mass is 15.2. The Morgan fingerprint density at radius 1 is 0.632 bits per heavy atom. The molecule has 2 unspecified atom stereocenters. The van der Waals surface area contributed by atoms with Gasteiger partial charge in [0.2, 0.25) is 0 Å². The standard InChI is InChI=1S/C36H42N2/c1-3-11-29(12-4-1)27-30-20-24-37(25-21-30)26-22-36-35(34-18-9-16-32-15-7-8-17-33(32)34)19-10-23-38(36)28-31-13-5-2-6-14-31/h1-9,11-18,30,35-36H,10,19-28H2. The van der Waals surface area contributed by atoms with Crippen LogP contribution in [0.2, 0.25) is 0 Å². The van der Waals surface area contributed by atoms with Crippen molar-refractivity contribution in [2.24, 2.45) is 5.92 Å². The molecule has 0 amide bonds. The molecule has 0 spiro atoms. The lowest BCUT2D eigenvalue weighted by molar-refractivity contribution is 0.0917. The number of hydrogen-bond acceptors (Lipinski definition) is 2. The third-order valence-electron chi connectivity index (χ3n) is 9.16. The summed E-state index contributed by atoms with van der Waals surface area (Å²) in [4.78, 5) is 5.57. The Morgan fingerprint density at radius 3 is 2.11 bits per heavy atom. The lowest BCUT2D eigenvalue weighted by atomic mass is 9.79. The summed E-state index contributed by atoms with van der Waals surface area (Å²) < 4.78 is 0. The van der Waals surface area contributed by atoms with Crippen LogP contribution >= 0.6 is 0 Å². The summed E-state index contributed by atoms with van der Waals surface area (Å²) in [6.07, 6.45) is 7.74. The summed E-state index contributed by atoms with van der Waals surface area (Å²) in [5, 5.41) is 2.83. The number of likely N-dealkylation sites (tertiary alicyclic amines) is 2. The molecule has 0 aliphatic carbocycles. The van der Waals surface area contributed by atoms with E-state index in [9.17, 15) is 0 Å². The number of fused-ring (bicyclic) bond motifs is 1. The minimum absolute atomic E-state index is 0.580. The Balaban J connectivity index is 1.17. The average molecular weight is 503 g/mol. The molecule has 2 fully saturated rings. The molecule has 2 heteroatoms. The molecule has 4 aromatic carbocycles. The fraction of sp³-hybridized carbons (Fsp3) is 0.389. The van der Waals surface area contributed by atoms with Gasteiger partial charge in [-0.2, -0.15) is 0 Å². The summed E-state index contributed by atoms with van der Waals surface area (Å²) in [7, 11) is 0. The van der Waals surface area contributed by atoms with Crippen molar-refractivity contribution in [3.8, 4) is 0 Å². The number of hydrogen-bond donors (Lipinski definition) is 0. The van der Waals surface area contributed by atoms with Gasteiger partial charge >= 0.3 is 0 Å². The second-order valence-corrected chi connectivity index (χ2v) is 11.6. The molecule has 38 heavy (non-hydrogen) atoms. The third-order valence-corrected chi connectivity index (χ3v) is 9.16. The smallest absolute Gasteiger partial charge is 0.0236 e. The van der Waals surface area contributed by atoms with E-state index >= 15 is 0 Å². The molecule has 0 bridgehead atoms. The summed E-state index contributed by atoms with van der Waals surface area (Å²) in [6.45, 7) is 5.99. The quantitative estimate of drug-likeness (QED) is 0.241. The van der Waals surface area contributed by atoms with Crippen LogP contribution in [0.15, 0.2) is 103 Å². The summed E-state index contributed by atoms with van der Waals surface area (Å²) in [5.41, 5.74) is 4.51. The van der Waals surface area contributed by atoms with E-state index in [1.54, 1.807) is 5.56 Å². The number of rotatable bonds is 8. The lowest BCUT2D eigenvalue weighted by Gasteiger charge is -2.43. The van der Waals surface area contributed by atoms with Crippen LogP contribution in [0.25, 0.3) is 10.8 Å². The molecule has 0 aromatic heterocycles. The minimum atomic E-state index is 0.580. The van der Waals surface area contributed by atoms with Crippen LogP contribution in [0, 0.1) is 5.92 Å². The van der Waals surface area contributed by atoms with Crippen molar-refractivity contribution in [2.45, 2.75) is 57.0 Å². The predicted molar refractivity (Wildman–Crippen MR) is 160 cm³/mol. The largest absolute Gasteiger partial charge is 0.303 e. The monoisotopic (exact) mass is 502 g/mol. The number of nitrogens with zero attached hydrogens (tertiary/aromatic N) is 2. The minimum Gasteiger partial charge on any atom is -0.303 e. The Labute approximate surface area is 229 Å². The Morgan fingerprint density at radius 2 is 1.32 bits per heavy atom. The highest BCUT2D eigenvalue weighted by molar-refractivity contribution is 5.86. The zero-order valence-corrected chi connectivity index (χ0v) is 22.7. The van der Waals surface area contributed by atoms with E-state index in [2.05, 4.69) is 113 Å². The highest BCUT2D eigenvalue weighted by Gasteiger charge is 2.33. The van der Waals surface area contributed by atoms with Crippen LogP contribution in [-0.2, 0) is 13.0 Å². The van der Waals surface area contributed by atoms with Gasteiger partial charge in [-0.05, 0) is 98.1 Å². The first-order valence-electron chi connectivity index (χ1n) is 14.9. The van der Waals surface area contributed by atoms with Gasteiger partial charge in [-0.25, -0.2) is 0 Å². The highest BCUT2D eigenvalue weighted by Crippen LogP contribution is 2.38. The molecule has 2 saturated heterocycles. The van der Waals surface area contributed by atoms with Gasteiger partial charge in [0.15, 0.2) is 0 Å². The Bertz CT molecular complexity index is 1270. The van der Waals surface area contributed by atoms with Gasteiger partial charge in [-0.15, -0.1) is 0 Å². The summed E-state index contributed by atoms with van der Waals surface area (Å²) >= 11 is 0. The van der Waals surface area contributed by atoms with Crippen molar-refractivity contribution in [3.63, 3.8) is 0 Å². The van der Waals surface area contributed by atoms with Crippen molar-refractivity contribution in [1.82, 2.24) is 9.80 Å². The van der Waals surface area contributed by atoms with Gasteiger partial charge < -0.3 is 4.90 Å². The van der Waals surface area contributed by atoms with Gasteiger partial charge in [-0.1, -0.05) is 103 Å². The molecule has 4 aromatic rings. The summed E-state index contributed by atoms with van der Waals surface area (Å²) in [6, 6.07) is 38.8. The van der Waals surface area contributed by atoms with Crippen LogP contribution in [0.3, 0.4) is 0 Å². The van der Waals surface area contributed by atoms with Gasteiger partial charge in [0.1, 0.15) is 0 Å². The van der Waals surface area contributed by atoms with E-state index in [4.69, 9.17) is 0 Å². The maximum absolute atomic E-state index is 2.81. The van der Waals surface area contributed by atoms with E-state index in [0.717, 1.165) is 12.5 Å². The molecule has 0 radical (unpaired) electrons. The molecular formula is C36H42N2. The third kappa shape index (κ3) is 6.03. The van der Waals surface area contributed by atoms with Crippen LogP contribution in [-0.4, -0.2) is 42.0 Å². The molecule has 2 heterocycles. The first kappa shape index (κ1) is 25.3. The molecular weight excluding hydrogens is 460 g/mol. The number of piperidine rings is 2. The zero-order chi connectivity index (χ0) is 25.6. The normalized spacial score (nSPS) is 21.6. The maximum atomic E-state index is 2.81. The molecule has 2 aliphatic heterocycles. The summed E-state index contributed by atoms with van der Waals surface area (Å²) in [5.74, 6) is 1.43. The van der Waals surface area contributed by atoms with Gasteiger partial charge in [-0.3, -0.25) is 4.90 Å². The molecule has 0 N–H and O–H groups in total. The predicted octanol–water partition coefficient (Wildman–Crippen LogP) is 7.93. The van der Waals surface area contributed by atoms with Gasteiger partial charge in [0.05, 0.1) is 0 Å². The van der Waals surface area contributed by atoms with Crippen molar-refractivity contribution < 1.29 is 0 Å². The van der Waals surface area contributed by atoms with E-state index in [-0.39, 0.29) is 0 Å². The van der Waals surface area contributed by atoms with Crippen molar-refractivity contribution in [3.05, 3.63) is 120 Å². The van der Waals surface area contributed by atoms with E-state index in [1.807, 2.05) is 0 Å². The molecule has 2 atom stereocenters.